The fourth-order valence-corrected chi connectivity index (χ4v) is 4.76. The molecule has 2 heterocycles. The summed E-state index contributed by atoms with van der Waals surface area (Å²) in [7, 11) is 0. The maximum absolute atomic E-state index is 13.3. The first-order chi connectivity index (χ1) is 14.1. The summed E-state index contributed by atoms with van der Waals surface area (Å²) in [4.78, 5) is 35.1. The van der Waals surface area contributed by atoms with Crippen LogP contribution in [0.4, 0.5) is 0 Å². The van der Waals surface area contributed by atoms with Crippen LogP contribution in [0.3, 0.4) is 0 Å². The van der Waals surface area contributed by atoms with Gasteiger partial charge in [0.15, 0.2) is 0 Å². The van der Waals surface area contributed by atoms with Gasteiger partial charge in [0.05, 0.1) is 17.6 Å². The van der Waals surface area contributed by atoms with Crippen LogP contribution in [0.25, 0.3) is 10.9 Å². The van der Waals surface area contributed by atoms with Crippen molar-refractivity contribution < 1.29 is 9.59 Å². The average molecular weight is 397 g/mol. The summed E-state index contributed by atoms with van der Waals surface area (Å²) in [6, 6.07) is 6.10. The SMILES string of the molecule is CCN(CC)C(=O)CN1CCN(C(=O)c2cccc3c4c([nH]c23)CCCC4)CC1. The second-order valence-corrected chi connectivity index (χ2v) is 8.15. The number of carbonyl (C=O) groups excluding carboxylic acids is 2. The average Bonchev–Trinajstić information content (AvgIpc) is 3.13. The Morgan fingerprint density at radius 2 is 1.76 bits per heavy atom. The van der Waals surface area contributed by atoms with Crippen molar-refractivity contribution in [2.24, 2.45) is 0 Å². The molecule has 4 rings (SSSR count). The number of rotatable bonds is 5. The summed E-state index contributed by atoms with van der Waals surface area (Å²) in [6.07, 6.45) is 4.63. The largest absolute Gasteiger partial charge is 0.358 e. The third-order valence-electron chi connectivity index (χ3n) is 6.50. The zero-order valence-electron chi connectivity index (χ0n) is 17.7. The highest BCUT2D eigenvalue weighted by Crippen LogP contribution is 2.31. The molecule has 6 nitrogen and oxygen atoms in total. The maximum atomic E-state index is 13.3. The second-order valence-electron chi connectivity index (χ2n) is 8.15. The van der Waals surface area contributed by atoms with Crippen LogP contribution in [-0.4, -0.2) is 77.3 Å². The van der Waals surface area contributed by atoms with Gasteiger partial charge in [0.1, 0.15) is 0 Å². The van der Waals surface area contributed by atoms with Crippen LogP contribution in [-0.2, 0) is 17.6 Å². The molecule has 0 saturated carbocycles. The molecular formula is C23H32N4O2. The van der Waals surface area contributed by atoms with Crippen molar-refractivity contribution >= 4 is 22.7 Å². The number of aryl methyl sites for hydroxylation is 2. The van der Waals surface area contributed by atoms with Crippen molar-refractivity contribution in [1.82, 2.24) is 19.7 Å². The minimum atomic E-state index is 0.101. The van der Waals surface area contributed by atoms with Gasteiger partial charge in [-0.25, -0.2) is 0 Å². The van der Waals surface area contributed by atoms with Crippen molar-refractivity contribution in [2.45, 2.75) is 39.5 Å². The molecule has 2 aliphatic rings. The number of para-hydroxylation sites is 1. The van der Waals surface area contributed by atoms with Gasteiger partial charge in [0, 0.05) is 50.3 Å². The molecule has 1 aromatic carbocycles. The van der Waals surface area contributed by atoms with E-state index in [2.05, 4.69) is 16.0 Å². The van der Waals surface area contributed by atoms with E-state index in [4.69, 9.17) is 0 Å². The van der Waals surface area contributed by atoms with Crippen LogP contribution in [0.15, 0.2) is 18.2 Å². The molecule has 1 aliphatic carbocycles. The van der Waals surface area contributed by atoms with Crippen LogP contribution in [0, 0.1) is 0 Å². The van der Waals surface area contributed by atoms with Crippen LogP contribution in [0.1, 0.15) is 48.3 Å². The summed E-state index contributed by atoms with van der Waals surface area (Å²) in [5.41, 5.74) is 4.50. The van der Waals surface area contributed by atoms with Gasteiger partial charge in [-0.05, 0) is 51.2 Å². The van der Waals surface area contributed by atoms with E-state index in [1.54, 1.807) is 0 Å². The first-order valence-electron chi connectivity index (χ1n) is 11.0. The Balaban J connectivity index is 1.44. The highest BCUT2D eigenvalue weighted by Gasteiger charge is 2.26. The molecule has 0 bridgehead atoms. The molecule has 0 atom stereocenters. The first kappa shape index (κ1) is 20.0. The fourth-order valence-electron chi connectivity index (χ4n) is 4.76. The zero-order chi connectivity index (χ0) is 20.4. The Kier molecular flexibility index (Phi) is 5.90. The minimum Gasteiger partial charge on any atom is -0.358 e. The highest BCUT2D eigenvalue weighted by molar-refractivity contribution is 6.06. The van der Waals surface area contributed by atoms with Gasteiger partial charge in [0.25, 0.3) is 5.91 Å². The van der Waals surface area contributed by atoms with Gasteiger partial charge in [-0.1, -0.05) is 12.1 Å². The molecule has 1 fully saturated rings. The summed E-state index contributed by atoms with van der Waals surface area (Å²) in [6.45, 7) is 8.79. The van der Waals surface area contributed by atoms with Gasteiger partial charge in [-0.2, -0.15) is 0 Å². The van der Waals surface area contributed by atoms with Crippen molar-refractivity contribution in [3.8, 4) is 0 Å². The molecular weight excluding hydrogens is 364 g/mol. The molecule has 6 heteroatoms. The number of fused-ring (bicyclic) bond motifs is 3. The maximum Gasteiger partial charge on any atom is 0.256 e. The second kappa shape index (κ2) is 8.57. The number of benzene rings is 1. The van der Waals surface area contributed by atoms with Gasteiger partial charge in [-0.15, -0.1) is 0 Å². The van der Waals surface area contributed by atoms with Crippen LogP contribution >= 0.6 is 0 Å². The number of likely N-dealkylation sites (N-methyl/N-ethyl adjacent to an activating group) is 1. The highest BCUT2D eigenvalue weighted by atomic mass is 16.2. The number of nitrogens with one attached hydrogen (secondary N) is 1. The topological polar surface area (TPSA) is 59.7 Å². The summed E-state index contributed by atoms with van der Waals surface area (Å²) >= 11 is 0. The van der Waals surface area contributed by atoms with E-state index in [9.17, 15) is 9.59 Å². The Morgan fingerprint density at radius 1 is 1.03 bits per heavy atom. The zero-order valence-corrected chi connectivity index (χ0v) is 17.7. The molecule has 1 aromatic heterocycles. The molecule has 1 saturated heterocycles. The van der Waals surface area contributed by atoms with E-state index in [1.165, 1.54) is 29.5 Å². The Morgan fingerprint density at radius 3 is 2.48 bits per heavy atom. The number of hydrogen-bond donors (Lipinski definition) is 1. The van der Waals surface area contributed by atoms with Gasteiger partial charge < -0.3 is 14.8 Å². The Labute approximate surface area is 172 Å². The number of piperazine rings is 1. The van der Waals surface area contributed by atoms with Crippen molar-refractivity contribution in [2.75, 3.05) is 45.8 Å². The van der Waals surface area contributed by atoms with E-state index < -0.39 is 0 Å². The molecule has 2 amide bonds. The number of hydrogen-bond acceptors (Lipinski definition) is 3. The fraction of sp³-hybridized carbons (Fsp3) is 0.565. The minimum absolute atomic E-state index is 0.101. The van der Waals surface area contributed by atoms with E-state index in [0.29, 0.717) is 19.6 Å². The lowest BCUT2D eigenvalue weighted by Gasteiger charge is -2.35. The standard InChI is InChI=1S/C23H32N4O2/c1-3-26(4-2)21(28)16-25-12-14-27(15-13-25)23(29)19-10-7-9-18-17-8-5-6-11-20(17)24-22(18)19/h7,9-10,24H,3-6,8,11-16H2,1-2H3. The molecule has 29 heavy (non-hydrogen) atoms. The lowest BCUT2D eigenvalue weighted by atomic mass is 9.95. The lowest BCUT2D eigenvalue weighted by molar-refractivity contribution is -0.132. The van der Waals surface area contributed by atoms with Gasteiger partial charge >= 0.3 is 0 Å². The number of nitrogens with zero attached hydrogens (tertiary/aromatic N) is 3. The molecule has 2 aromatic rings. The number of carbonyl (C=O) groups is 2. The molecule has 156 valence electrons. The van der Waals surface area contributed by atoms with Gasteiger partial charge in [-0.3, -0.25) is 14.5 Å². The molecule has 0 spiro atoms. The molecule has 1 N–H and O–H groups in total. The number of amides is 2. The van der Waals surface area contributed by atoms with Crippen molar-refractivity contribution in [3.05, 3.63) is 35.0 Å². The quantitative estimate of drug-likeness (QED) is 0.845. The summed E-state index contributed by atoms with van der Waals surface area (Å²) < 4.78 is 0. The predicted octanol–water partition coefficient (Wildman–Crippen LogP) is 2.67. The smallest absolute Gasteiger partial charge is 0.256 e. The lowest BCUT2D eigenvalue weighted by Crippen LogP contribution is -2.51. The third-order valence-corrected chi connectivity index (χ3v) is 6.50. The molecule has 1 aliphatic heterocycles. The molecule has 0 unspecified atom stereocenters. The number of H-pyrrole nitrogens is 1. The number of aromatic amines is 1. The van der Waals surface area contributed by atoms with E-state index in [1.807, 2.05) is 35.8 Å². The predicted molar refractivity (Wildman–Crippen MR) is 115 cm³/mol. The van der Waals surface area contributed by atoms with E-state index >= 15 is 0 Å². The third kappa shape index (κ3) is 3.90. The first-order valence-corrected chi connectivity index (χ1v) is 11.0. The number of aromatic nitrogens is 1. The Hall–Kier alpha value is -2.34. The summed E-state index contributed by atoms with van der Waals surface area (Å²) in [5, 5.41) is 1.22. The van der Waals surface area contributed by atoms with Crippen LogP contribution in [0.5, 0.6) is 0 Å². The van der Waals surface area contributed by atoms with E-state index in [-0.39, 0.29) is 11.8 Å². The van der Waals surface area contributed by atoms with E-state index in [0.717, 1.165) is 50.1 Å². The Bertz CT molecular complexity index is 892. The summed E-state index contributed by atoms with van der Waals surface area (Å²) in [5.74, 6) is 0.278. The van der Waals surface area contributed by atoms with Crippen molar-refractivity contribution in [3.63, 3.8) is 0 Å². The van der Waals surface area contributed by atoms with Crippen molar-refractivity contribution in [1.29, 1.82) is 0 Å². The van der Waals surface area contributed by atoms with Crippen LogP contribution < -0.4 is 0 Å². The normalized spacial score (nSPS) is 17.4. The monoisotopic (exact) mass is 396 g/mol. The van der Waals surface area contributed by atoms with Crippen LogP contribution in [0.2, 0.25) is 0 Å². The van der Waals surface area contributed by atoms with Gasteiger partial charge in [0.2, 0.25) is 5.91 Å². The molecule has 0 radical (unpaired) electrons.